The van der Waals surface area contributed by atoms with E-state index in [-0.39, 0.29) is 11.5 Å². The highest BCUT2D eigenvalue weighted by molar-refractivity contribution is 14.1. The summed E-state index contributed by atoms with van der Waals surface area (Å²) in [4.78, 5) is 17.9. The van der Waals surface area contributed by atoms with Gasteiger partial charge in [0.05, 0.1) is 35.9 Å². The van der Waals surface area contributed by atoms with E-state index < -0.39 is 0 Å². The standard InChI is InChI=1S/C26H19BrI2N4O2/c1-15(2)25-32-23-8-7-19(27)11-20(23)26(34)33(25)31-13-16-9-21(28)24(22(29)10-16)35-14-18-6-4-3-5-17(18)12-30/h3-11,13,15H,14H2,1-2H3. The van der Waals surface area contributed by atoms with Crippen molar-refractivity contribution in [3.05, 3.63) is 99.1 Å². The molecule has 0 saturated carbocycles. The minimum absolute atomic E-state index is 0.0141. The van der Waals surface area contributed by atoms with E-state index in [2.05, 4.69) is 77.3 Å². The summed E-state index contributed by atoms with van der Waals surface area (Å²) in [5, 5.41) is 14.3. The van der Waals surface area contributed by atoms with E-state index >= 15 is 0 Å². The van der Waals surface area contributed by atoms with Crippen molar-refractivity contribution in [3.8, 4) is 11.8 Å². The molecule has 0 unspecified atom stereocenters. The minimum atomic E-state index is -0.211. The summed E-state index contributed by atoms with van der Waals surface area (Å²) in [6.45, 7) is 4.27. The van der Waals surface area contributed by atoms with Crippen molar-refractivity contribution in [3.63, 3.8) is 0 Å². The Morgan fingerprint density at radius 2 is 1.89 bits per heavy atom. The first-order valence-corrected chi connectivity index (χ1v) is 13.6. The van der Waals surface area contributed by atoms with E-state index in [1.807, 2.05) is 56.3 Å². The van der Waals surface area contributed by atoms with E-state index in [1.54, 1.807) is 18.3 Å². The van der Waals surface area contributed by atoms with Gasteiger partial charge in [0.25, 0.3) is 5.56 Å². The number of rotatable bonds is 6. The Balaban J connectivity index is 1.66. The molecular weight excluding hydrogens is 734 g/mol. The topological polar surface area (TPSA) is 80.3 Å². The zero-order valence-electron chi connectivity index (χ0n) is 18.8. The molecule has 35 heavy (non-hydrogen) atoms. The SMILES string of the molecule is CC(C)c1nc2ccc(Br)cc2c(=O)n1N=Cc1cc(I)c(OCc2ccccc2C#N)c(I)c1. The monoisotopic (exact) mass is 752 g/mol. The number of benzene rings is 3. The van der Waals surface area contributed by atoms with Gasteiger partial charge in [0, 0.05) is 16.0 Å². The number of halogens is 3. The zero-order valence-corrected chi connectivity index (χ0v) is 24.7. The first-order valence-electron chi connectivity index (χ1n) is 10.6. The van der Waals surface area contributed by atoms with Crippen LogP contribution in [0.15, 0.2) is 69.0 Å². The molecule has 0 N–H and O–H groups in total. The molecule has 0 atom stereocenters. The molecule has 0 aliphatic heterocycles. The Bertz CT molecular complexity index is 1530. The summed E-state index contributed by atoms with van der Waals surface area (Å²) >= 11 is 7.88. The highest BCUT2D eigenvalue weighted by Crippen LogP contribution is 2.30. The molecule has 0 aliphatic rings. The molecule has 6 nitrogen and oxygen atoms in total. The third kappa shape index (κ3) is 5.76. The lowest BCUT2D eigenvalue weighted by Gasteiger charge is -2.13. The second-order valence-electron chi connectivity index (χ2n) is 8.02. The van der Waals surface area contributed by atoms with Crippen molar-refractivity contribution in [1.82, 2.24) is 9.66 Å². The lowest BCUT2D eigenvalue weighted by atomic mass is 10.1. The van der Waals surface area contributed by atoms with Crippen LogP contribution in [0.2, 0.25) is 0 Å². The number of hydrogen-bond acceptors (Lipinski definition) is 5. The van der Waals surface area contributed by atoms with Crippen LogP contribution in [0.4, 0.5) is 0 Å². The van der Waals surface area contributed by atoms with Gasteiger partial charge in [-0.25, -0.2) is 4.98 Å². The van der Waals surface area contributed by atoms with Gasteiger partial charge in [0.1, 0.15) is 18.2 Å². The second kappa shape index (κ2) is 11.2. The molecular formula is C26H19BrI2N4O2. The molecule has 3 aromatic carbocycles. The predicted octanol–water partition coefficient (Wildman–Crippen LogP) is 6.82. The van der Waals surface area contributed by atoms with Gasteiger partial charge in [-0.1, -0.05) is 48.0 Å². The number of aromatic nitrogens is 2. The summed E-state index contributed by atoms with van der Waals surface area (Å²) in [5.74, 6) is 1.36. The van der Waals surface area contributed by atoms with Crippen LogP contribution in [0, 0.1) is 18.5 Å². The van der Waals surface area contributed by atoms with Gasteiger partial charge in [-0.3, -0.25) is 4.79 Å². The van der Waals surface area contributed by atoms with Gasteiger partial charge in [-0.05, 0) is 87.1 Å². The van der Waals surface area contributed by atoms with Gasteiger partial charge in [-0.2, -0.15) is 15.0 Å². The number of ether oxygens (including phenoxy) is 1. The highest BCUT2D eigenvalue weighted by atomic mass is 127. The molecule has 1 heterocycles. The van der Waals surface area contributed by atoms with Gasteiger partial charge >= 0.3 is 0 Å². The molecule has 9 heteroatoms. The fourth-order valence-electron chi connectivity index (χ4n) is 3.47. The van der Waals surface area contributed by atoms with E-state index in [0.29, 0.717) is 28.9 Å². The fraction of sp³-hybridized carbons (Fsp3) is 0.154. The van der Waals surface area contributed by atoms with Crippen molar-refractivity contribution in [1.29, 1.82) is 5.26 Å². The zero-order chi connectivity index (χ0) is 25.1. The van der Waals surface area contributed by atoms with Gasteiger partial charge < -0.3 is 4.74 Å². The van der Waals surface area contributed by atoms with Gasteiger partial charge in [0.15, 0.2) is 0 Å². The molecule has 0 bridgehead atoms. The van der Waals surface area contributed by atoms with Crippen LogP contribution in [-0.4, -0.2) is 15.9 Å². The van der Waals surface area contributed by atoms with Crippen molar-refractivity contribution in [2.24, 2.45) is 5.10 Å². The Morgan fingerprint density at radius 1 is 1.17 bits per heavy atom. The quantitative estimate of drug-likeness (QED) is 0.160. The summed E-state index contributed by atoms with van der Waals surface area (Å²) < 4.78 is 10.1. The molecule has 176 valence electrons. The maximum atomic E-state index is 13.2. The molecule has 4 aromatic rings. The fourth-order valence-corrected chi connectivity index (χ4v) is 5.96. The molecule has 0 radical (unpaired) electrons. The maximum Gasteiger partial charge on any atom is 0.282 e. The van der Waals surface area contributed by atoms with Crippen LogP contribution in [0.25, 0.3) is 10.9 Å². The summed E-state index contributed by atoms with van der Waals surface area (Å²) in [5.41, 5.74) is 2.71. The van der Waals surface area contributed by atoms with E-state index in [9.17, 15) is 10.1 Å². The molecule has 0 saturated heterocycles. The van der Waals surface area contributed by atoms with Crippen molar-refractivity contribution in [2.75, 3.05) is 0 Å². The van der Waals surface area contributed by atoms with Crippen molar-refractivity contribution >= 4 is 78.2 Å². The third-order valence-corrected chi connectivity index (χ3v) is 7.30. The normalized spacial score (nSPS) is 11.3. The molecule has 1 aromatic heterocycles. The van der Waals surface area contributed by atoms with E-state index in [4.69, 9.17) is 4.74 Å². The Morgan fingerprint density at radius 3 is 2.57 bits per heavy atom. The molecule has 4 rings (SSSR count). The second-order valence-corrected chi connectivity index (χ2v) is 11.3. The van der Waals surface area contributed by atoms with Crippen LogP contribution in [0.3, 0.4) is 0 Å². The highest BCUT2D eigenvalue weighted by Gasteiger charge is 2.14. The predicted molar refractivity (Wildman–Crippen MR) is 158 cm³/mol. The molecule has 0 amide bonds. The third-order valence-electron chi connectivity index (χ3n) is 5.20. The van der Waals surface area contributed by atoms with Crippen molar-refractivity contribution in [2.45, 2.75) is 26.4 Å². The average Bonchev–Trinajstić information content (AvgIpc) is 2.83. The van der Waals surface area contributed by atoms with Crippen LogP contribution < -0.4 is 10.3 Å². The lowest BCUT2D eigenvalue weighted by molar-refractivity contribution is 0.301. The van der Waals surface area contributed by atoms with Gasteiger partial charge in [-0.15, -0.1) is 0 Å². The lowest BCUT2D eigenvalue weighted by Crippen LogP contribution is -2.23. The number of nitrogens with zero attached hydrogens (tertiary/aromatic N) is 4. The number of fused-ring (bicyclic) bond motifs is 1. The first kappa shape index (κ1) is 25.8. The molecule has 0 spiro atoms. The Hall–Kier alpha value is -2.30. The van der Waals surface area contributed by atoms with Gasteiger partial charge in [0.2, 0.25) is 0 Å². The molecule has 0 fully saturated rings. The van der Waals surface area contributed by atoms with Crippen LogP contribution in [-0.2, 0) is 6.61 Å². The van der Waals surface area contributed by atoms with Crippen LogP contribution >= 0.6 is 61.1 Å². The van der Waals surface area contributed by atoms with E-state index in [1.165, 1.54) is 4.68 Å². The first-order chi connectivity index (χ1) is 16.8. The average molecular weight is 753 g/mol. The summed E-state index contributed by atoms with van der Waals surface area (Å²) in [7, 11) is 0. The smallest absolute Gasteiger partial charge is 0.282 e. The van der Waals surface area contributed by atoms with Crippen LogP contribution in [0.5, 0.6) is 5.75 Å². The largest absolute Gasteiger partial charge is 0.487 e. The molecule has 0 aliphatic carbocycles. The Labute approximate surface area is 238 Å². The number of hydrogen-bond donors (Lipinski definition) is 0. The van der Waals surface area contributed by atoms with Crippen molar-refractivity contribution < 1.29 is 4.74 Å². The van der Waals surface area contributed by atoms with Crippen LogP contribution in [0.1, 0.15) is 42.3 Å². The Kier molecular flexibility index (Phi) is 8.23. The number of nitriles is 1. The summed E-state index contributed by atoms with van der Waals surface area (Å²) in [6, 6.07) is 19.0. The maximum absolute atomic E-state index is 13.2. The van der Waals surface area contributed by atoms with E-state index in [0.717, 1.165) is 28.5 Å². The summed E-state index contributed by atoms with van der Waals surface area (Å²) in [6.07, 6.45) is 1.66. The minimum Gasteiger partial charge on any atom is -0.487 e.